The van der Waals surface area contributed by atoms with Gasteiger partial charge in [-0.3, -0.25) is 4.79 Å². The lowest BCUT2D eigenvalue weighted by Gasteiger charge is -2.30. The van der Waals surface area contributed by atoms with Crippen LogP contribution in [0, 0.1) is 11.3 Å². The Bertz CT molecular complexity index is 390. The van der Waals surface area contributed by atoms with Crippen molar-refractivity contribution in [2.75, 3.05) is 6.54 Å². The second-order valence-corrected chi connectivity index (χ2v) is 5.96. The molecule has 0 saturated heterocycles. The van der Waals surface area contributed by atoms with Crippen LogP contribution in [-0.2, 0) is 7.05 Å². The Balaban J connectivity index is 2.58. The molecule has 1 aromatic heterocycles. The average molecular weight is 251 g/mol. The first kappa shape index (κ1) is 14.9. The molecule has 1 heterocycles. The highest BCUT2D eigenvalue weighted by Crippen LogP contribution is 2.32. The number of hydrogen-bond donors (Lipinski definition) is 1. The summed E-state index contributed by atoms with van der Waals surface area (Å²) in [6.07, 6.45) is 5.86. The van der Waals surface area contributed by atoms with E-state index in [2.05, 4.69) is 25.8 Å². The average Bonchev–Trinajstić information content (AvgIpc) is 2.68. The van der Waals surface area contributed by atoms with Gasteiger partial charge in [0, 0.05) is 25.9 Å². The molecule has 2 N–H and O–H groups in total. The van der Waals surface area contributed by atoms with Crippen LogP contribution in [0.4, 0.5) is 0 Å². The summed E-state index contributed by atoms with van der Waals surface area (Å²) in [6.45, 7) is 7.30. The van der Waals surface area contributed by atoms with Crippen LogP contribution < -0.4 is 5.73 Å². The van der Waals surface area contributed by atoms with Gasteiger partial charge in [0.25, 0.3) is 0 Å². The van der Waals surface area contributed by atoms with Gasteiger partial charge in [0.1, 0.15) is 0 Å². The van der Waals surface area contributed by atoms with E-state index in [9.17, 15) is 4.79 Å². The highest BCUT2D eigenvalue weighted by Gasteiger charge is 2.25. The molecule has 18 heavy (non-hydrogen) atoms. The Labute approximate surface area is 110 Å². The van der Waals surface area contributed by atoms with Gasteiger partial charge >= 0.3 is 0 Å². The van der Waals surface area contributed by atoms with E-state index in [0.717, 1.165) is 12.8 Å². The molecule has 0 aliphatic carbocycles. The summed E-state index contributed by atoms with van der Waals surface area (Å²) in [5, 5.41) is 0. The van der Waals surface area contributed by atoms with Crippen LogP contribution in [0.15, 0.2) is 12.4 Å². The molecule has 0 aliphatic rings. The van der Waals surface area contributed by atoms with Gasteiger partial charge in [-0.1, -0.05) is 20.8 Å². The molecule has 1 aromatic rings. The predicted molar refractivity (Wildman–Crippen MR) is 73.4 cm³/mol. The fourth-order valence-electron chi connectivity index (χ4n) is 2.26. The van der Waals surface area contributed by atoms with E-state index >= 15 is 0 Å². The van der Waals surface area contributed by atoms with E-state index in [1.807, 2.05) is 7.05 Å². The number of carbonyl (C=O) groups excluding carboxylic acids is 1. The molecule has 0 aliphatic heterocycles. The quantitative estimate of drug-likeness (QED) is 0.790. The topological polar surface area (TPSA) is 60.9 Å². The molecular formula is C14H25N3O. The monoisotopic (exact) mass is 251 g/mol. The summed E-state index contributed by atoms with van der Waals surface area (Å²) in [5.74, 6) is 1.15. The van der Waals surface area contributed by atoms with Crippen LogP contribution in [0.3, 0.4) is 0 Å². The number of nitrogens with two attached hydrogens (primary N) is 1. The van der Waals surface area contributed by atoms with Crippen LogP contribution in [0.1, 0.15) is 50.7 Å². The number of nitrogens with zero attached hydrogens (tertiary/aromatic N) is 2. The van der Waals surface area contributed by atoms with E-state index in [0.29, 0.717) is 24.7 Å². The standard InChI is InChI=1S/C14H25N3O/c1-14(2,3)11(7-8-15)5-6-12(18)13-16-9-10-17(13)4/h9-11H,5-8,15H2,1-4H3. The molecule has 0 saturated carbocycles. The van der Waals surface area contributed by atoms with Crippen molar-refractivity contribution >= 4 is 5.78 Å². The minimum atomic E-state index is 0.119. The first-order valence-electron chi connectivity index (χ1n) is 6.57. The lowest BCUT2D eigenvalue weighted by Crippen LogP contribution is -2.24. The molecule has 0 spiro atoms. The number of aryl methyl sites for hydroxylation is 1. The van der Waals surface area contributed by atoms with Crippen molar-refractivity contribution in [1.29, 1.82) is 0 Å². The molecule has 1 unspecified atom stereocenters. The molecule has 102 valence electrons. The maximum Gasteiger partial charge on any atom is 0.198 e. The molecule has 4 nitrogen and oxygen atoms in total. The minimum Gasteiger partial charge on any atom is -0.332 e. The first-order chi connectivity index (χ1) is 8.36. The van der Waals surface area contributed by atoms with Gasteiger partial charge in [0.15, 0.2) is 11.6 Å². The molecular weight excluding hydrogens is 226 g/mol. The lowest BCUT2D eigenvalue weighted by molar-refractivity contribution is 0.0944. The lowest BCUT2D eigenvalue weighted by atomic mass is 9.76. The van der Waals surface area contributed by atoms with E-state index in [-0.39, 0.29) is 11.2 Å². The third kappa shape index (κ3) is 3.95. The van der Waals surface area contributed by atoms with Gasteiger partial charge < -0.3 is 10.3 Å². The van der Waals surface area contributed by atoms with E-state index in [1.165, 1.54) is 0 Å². The van der Waals surface area contributed by atoms with Gasteiger partial charge in [-0.15, -0.1) is 0 Å². The van der Waals surface area contributed by atoms with E-state index in [4.69, 9.17) is 5.73 Å². The molecule has 0 radical (unpaired) electrons. The fraction of sp³-hybridized carbons (Fsp3) is 0.714. The normalized spacial score (nSPS) is 13.6. The van der Waals surface area contributed by atoms with Crippen LogP contribution in [0.5, 0.6) is 0 Å². The second kappa shape index (κ2) is 6.14. The molecule has 4 heteroatoms. The maximum atomic E-state index is 12.0. The Kier molecular flexibility index (Phi) is 5.08. The highest BCUT2D eigenvalue weighted by molar-refractivity contribution is 5.92. The fourth-order valence-corrected chi connectivity index (χ4v) is 2.26. The number of Topliss-reactive ketones (excluding diaryl/α,β-unsaturated/α-hetero) is 1. The van der Waals surface area contributed by atoms with Gasteiger partial charge in [0.2, 0.25) is 0 Å². The van der Waals surface area contributed by atoms with Crippen molar-refractivity contribution < 1.29 is 4.79 Å². The summed E-state index contributed by atoms with van der Waals surface area (Å²) >= 11 is 0. The van der Waals surface area contributed by atoms with Crippen molar-refractivity contribution in [2.45, 2.75) is 40.0 Å². The number of aromatic nitrogens is 2. The second-order valence-electron chi connectivity index (χ2n) is 5.96. The van der Waals surface area contributed by atoms with E-state index in [1.54, 1.807) is 17.0 Å². The number of ketones is 1. The summed E-state index contributed by atoms with van der Waals surface area (Å²) in [7, 11) is 1.85. The number of hydrogen-bond acceptors (Lipinski definition) is 3. The van der Waals surface area contributed by atoms with Crippen LogP contribution in [0.2, 0.25) is 0 Å². The Hall–Kier alpha value is -1.16. The largest absolute Gasteiger partial charge is 0.332 e. The summed E-state index contributed by atoms with van der Waals surface area (Å²) in [6, 6.07) is 0. The Morgan fingerprint density at radius 3 is 2.56 bits per heavy atom. The molecule has 1 atom stereocenters. The third-order valence-corrected chi connectivity index (χ3v) is 3.53. The van der Waals surface area contributed by atoms with Crippen LogP contribution in [-0.4, -0.2) is 21.9 Å². The van der Waals surface area contributed by atoms with Gasteiger partial charge in [-0.2, -0.15) is 0 Å². The smallest absolute Gasteiger partial charge is 0.198 e. The number of imidazole rings is 1. The number of rotatable bonds is 6. The minimum absolute atomic E-state index is 0.119. The van der Waals surface area contributed by atoms with Crippen molar-refractivity contribution in [2.24, 2.45) is 24.1 Å². The molecule has 0 aromatic carbocycles. The van der Waals surface area contributed by atoms with E-state index < -0.39 is 0 Å². The van der Waals surface area contributed by atoms with Crippen molar-refractivity contribution in [3.63, 3.8) is 0 Å². The zero-order valence-corrected chi connectivity index (χ0v) is 11.9. The predicted octanol–water partition coefficient (Wildman–Crippen LogP) is 2.39. The first-order valence-corrected chi connectivity index (χ1v) is 6.57. The molecule has 1 rings (SSSR count). The number of carbonyl (C=O) groups is 1. The van der Waals surface area contributed by atoms with Gasteiger partial charge in [0.05, 0.1) is 0 Å². The summed E-state index contributed by atoms with van der Waals surface area (Å²) in [4.78, 5) is 16.1. The Morgan fingerprint density at radius 1 is 1.44 bits per heavy atom. The molecule has 0 amide bonds. The maximum absolute atomic E-state index is 12.0. The molecule has 0 bridgehead atoms. The van der Waals surface area contributed by atoms with Crippen molar-refractivity contribution in [3.05, 3.63) is 18.2 Å². The SMILES string of the molecule is Cn1ccnc1C(=O)CCC(CCN)C(C)(C)C. The van der Waals surface area contributed by atoms with Crippen molar-refractivity contribution in [1.82, 2.24) is 9.55 Å². The van der Waals surface area contributed by atoms with Crippen molar-refractivity contribution in [3.8, 4) is 0 Å². The van der Waals surface area contributed by atoms with Crippen LogP contribution >= 0.6 is 0 Å². The third-order valence-electron chi connectivity index (χ3n) is 3.53. The highest BCUT2D eigenvalue weighted by atomic mass is 16.1. The van der Waals surface area contributed by atoms with Gasteiger partial charge in [-0.25, -0.2) is 4.98 Å². The summed E-state index contributed by atoms with van der Waals surface area (Å²) in [5.41, 5.74) is 5.85. The van der Waals surface area contributed by atoms with Crippen LogP contribution in [0.25, 0.3) is 0 Å². The Morgan fingerprint density at radius 2 is 2.11 bits per heavy atom. The summed E-state index contributed by atoms with van der Waals surface area (Å²) < 4.78 is 1.78. The zero-order valence-electron chi connectivity index (χ0n) is 11.9. The molecule has 0 fully saturated rings. The zero-order chi connectivity index (χ0) is 13.8. The van der Waals surface area contributed by atoms with Gasteiger partial charge in [-0.05, 0) is 30.7 Å².